The summed E-state index contributed by atoms with van der Waals surface area (Å²) in [4.78, 5) is 21.6. The molecule has 3 aromatic carbocycles. The van der Waals surface area contributed by atoms with Gasteiger partial charge >= 0.3 is 5.97 Å². The van der Waals surface area contributed by atoms with E-state index >= 15 is 0 Å². The van der Waals surface area contributed by atoms with E-state index in [1.807, 2.05) is 49.0 Å². The van der Waals surface area contributed by atoms with Gasteiger partial charge in [0.2, 0.25) is 0 Å². The summed E-state index contributed by atoms with van der Waals surface area (Å²) >= 11 is 8.03. The van der Waals surface area contributed by atoms with Crippen LogP contribution in [0.3, 0.4) is 0 Å². The molecule has 0 saturated carbocycles. The van der Waals surface area contributed by atoms with E-state index in [1.54, 1.807) is 11.3 Å². The van der Waals surface area contributed by atoms with Gasteiger partial charge in [-0.1, -0.05) is 39.1 Å². The Bertz CT molecular complexity index is 2220. The normalized spacial score (nSPS) is 17.4. The van der Waals surface area contributed by atoms with Crippen molar-refractivity contribution in [3.05, 3.63) is 70.4 Å². The van der Waals surface area contributed by atoms with Crippen molar-refractivity contribution < 1.29 is 14.6 Å². The van der Waals surface area contributed by atoms with E-state index in [4.69, 9.17) is 26.4 Å². The second-order valence-corrected chi connectivity index (χ2v) is 20.4. The third-order valence-electron chi connectivity index (χ3n) is 12.3. The Morgan fingerprint density at radius 2 is 1.55 bits per heavy atom. The molecule has 276 valence electrons. The standard InChI is InChI=1S/C36H49B9ClN5O3S/c1-17-13-24-30(55-31(48-24)20-5-8-25-23(14-20)28(49-50(25)2)19-9-11-51(12-10-19)22-15-47-16-22)27(18-3-6-21(46)7-4-18)26(17)29(32(52)53)54-33(34(37,38)39,35(40,41)42)36(43,44)45/h3-8,13-14,19,22,29,47H,9-12,15-16,37-45H2,1-2H3,(H,52,53)/t29-/m0/s1. The summed E-state index contributed by atoms with van der Waals surface area (Å²) in [6.07, 6.45) is 0.960. The number of thiazole rings is 1. The van der Waals surface area contributed by atoms with E-state index in [2.05, 4.69) is 99.0 Å². The SMILES string of the molecule is BC(B)(B)C(O[C@H](C(=O)O)c1c(C)cc2nc(-c3ccc4c(c3)c(C3CCN(C5CNC5)CC3)nn4C)sc2c1-c1ccc(Cl)cc1)(C(B)(B)B)C(B)(B)B. The quantitative estimate of drug-likeness (QED) is 0.157. The van der Waals surface area contributed by atoms with Crippen molar-refractivity contribution in [3.63, 3.8) is 0 Å². The van der Waals surface area contributed by atoms with Crippen molar-refractivity contribution in [3.8, 4) is 21.7 Å². The number of halogens is 1. The summed E-state index contributed by atoms with van der Waals surface area (Å²) in [5, 5.41) is 21.1. The lowest BCUT2D eigenvalue weighted by molar-refractivity contribution is -0.166. The monoisotopic (exact) mass is 765 g/mol. The summed E-state index contributed by atoms with van der Waals surface area (Å²) in [6, 6.07) is 17.0. The predicted molar refractivity (Wildman–Crippen MR) is 254 cm³/mol. The number of aromatic nitrogens is 3. The Hall–Kier alpha value is -2.76. The highest BCUT2D eigenvalue weighted by Gasteiger charge is 2.58. The van der Waals surface area contributed by atoms with Crippen LogP contribution in [0, 0.1) is 6.92 Å². The molecule has 4 heterocycles. The molecule has 2 aliphatic heterocycles. The van der Waals surface area contributed by atoms with Crippen LogP contribution in [0.4, 0.5) is 0 Å². The third-order valence-corrected chi connectivity index (χ3v) is 13.7. The second-order valence-electron chi connectivity index (χ2n) is 19.0. The molecule has 2 fully saturated rings. The van der Waals surface area contributed by atoms with Gasteiger partial charge in [-0.2, -0.15) is 5.10 Å². The fourth-order valence-corrected chi connectivity index (χ4v) is 11.9. The van der Waals surface area contributed by atoms with Crippen molar-refractivity contribution in [2.24, 2.45) is 7.05 Å². The second kappa shape index (κ2) is 14.6. The first-order chi connectivity index (χ1) is 25.7. The number of nitrogens with zero attached hydrogens (tertiary/aromatic N) is 4. The number of carboxylic acids is 1. The summed E-state index contributed by atoms with van der Waals surface area (Å²) in [7, 11) is 21.5. The molecular formula is C36H49B9ClN5O3S. The fourth-order valence-electron chi connectivity index (χ4n) is 10.7. The van der Waals surface area contributed by atoms with Crippen LogP contribution in [-0.2, 0) is 16.6 Å². The van der Waals surface area contributed by atoms with E-state index in [0.717, 1.165) is 82.0 Å². The smallest absolute Gasteiger partial charge is 0.337 e. The molecule has 0 unspecified atom stereocenters. The van der Waals surface area contributed by atoms with Gasteiger partial charge in [-0.25, -0.2) is 9.78 Å². The molecule has 1 atom stereocenters. The molecule has 0 aliphatic carbocycles. The Kier molecular flexibility index (Phi) is 10.7. The maximum atomic E-state index is 13.7. The Labute approximate surface area is 342 Å². The van der Waals surface area contributed by atoms with Gasteiger partial charge in [-0.15, -0.1) is 11.3 Å². The average molecular weight is 765 g/mol. The Morgan fingerprint density at radius 3 is 2.09 bits per heavy atom. The number of carbonyl (C=O) groups is 1. The molecule has 0 bridgehead atoms. The van der Waals surface area contributed by atoms with Crippen molar-refractivity contribution >= 4 is 121 Å². The molecule has 7 rings (SSSR count). The van der Waals surface area contributed by atoms with Crippen molar-refractivity contribution in [1.82, 2.24) is 25.0 Å². The number of benzene rings is 3. The number of carboxylic acid groups (broad SMARTS) is 1. The molecule has 0 spiro atoms. The molecule has 55 heavy (non-hydrogen) atoms. The zero-order chi connectivity index (χ0) is 39.8. The third kappa shape index (κ3) is 7.11. The Morgan fingerprint density at radius 1 is 0.945 bits per heavy atom. The summed E-state index contributed by atoms with van der Waals surface area (Å²) in [6.45, 7) is 6.38. The van der Waals surface area contributed by atoms with Crippen molar-refractivity contribution in [2.45, 2.75) is 58.8 Å². The van der Waals surface area contributed by atoms with E-state index < -0.39 is 33.0 Å². The van der Waals surface area contributed by atoms with E-state index in [9.17, 15) is 9.90 Å². The van der Waals surface area contributed by atoms with Crippen LogP contribution in [0.15, 0.2) is 48.5 Å². The number of aryl methyl sites for hydroxylation is 2. The maximum absolute atomic E-state index is 13.7. The average Bonchev–Trinajstić information content (AvgIpc) is 3.63. The summed E-state index contributed by atoms with van der Waals surface area (Å²) < 4.78 is 10.2. The molecule has 2 aliphatic rings. The number of rotatable bonds is 11. The number of hydrogen-bond acceptors (Lipinski definition) is 7. The van der Waals surface area contributed by atoms with Gasteiger partial charge in [0.05, 0.1) is 92.0 Å². The van der Waals surface area contributed by atoms with Crippen LogP contribution in [-0.4, -0.2) is 139 Å². The zero-order valence-corrected chi connectivity index (χ0v) is 36.0. The van der Waals surface area contributed by atoms with E-state index in [0.29, 0.717) is 22.5 Å². The van der Waals surface area contributed by atoms with Crippen LogP contribution in [0.2, 0.25) is 20.4 Å². The van der Waals surface area contributed by atoms with Crippen molar-refractivity contribution in [1.29, 1.82) is 0 Å². The van der Waals surface area contributed by atoms with Crippen molar-refractivity contribution in [2.75, 3.05) is 26.2 Å². The number of hydrogen-bond donors (Lipinski definition) is 2. The molecular weight excluding hydrogens is 715 g/mol. The molecule has 0 amide bonds. The molecule has 19 heteroatoms. The highest BCUT2D eigenvalue weighted by atomic mass is 35.5. The summed E-state index contributed by atoms with van der Waals surface area (Å²) in [5.74, 6) is -0.607. The Balaban J connectivity index is 1.38. The lowest BCUT2D eigenvalue weighted by Crippen LogP contribution is -2.65. The van der Waals surface area contributed by atoms with E-state index in [-0.39, 0.29) is 0 Å². The lowest BCUT2D eigenvalue weighted by atomic mass is 9.13. The topological polar surface area (TPSA) is 92.5 Å². The largest absolute Gasteiger partial charge is 0.479 e. The highest BCUT2D eigenvalue weighted by Crippen LogP contribution is 2.59. The first-order valence-electron chi connectivity index (χ1n) is 19.7. The number of piperidine rings is 1. The minimum atomic E-state index is -1.25. The van der Waals surface area contributed by atoms with Crippen LogP contribution in [0.25, 0.3) is 42.8 Å². The van der Waals surface area contributed by atoms with E-state index in [1.165, 1.54) is 11.1 Å². The van der Waals surface area contributed by atoms with Gasteiger partial charge in [0.1, 0.15) is 5.01 Å². The summed E-state index contributed by atoms with van der Waals surface area (Å²) in [5.41, 5.74) is 6.46. The van der Waals surface area contributed by atoms with Gasteiger partial charge in [-0.3, -0.25) is 9.58 Å². The minimum Gasteiger partial charge on any atom is -0.479 e. The van der Waals surface area contributed by atoms with Gasteiger partial charge in [0.15, 0.2) is 6.10 Å². The van der Waals surface area contributed by atoms with Crippen LogP contribution < -0.4 is 5.32 Å². The molecule has 2 saturated heterocycles. The fraction of sp³-hybridized carbons (Fsp3) is 0.417. The molecule has 5 aromatic rings. The molecule has 2 N–H and O–H groups in total. The van der Waals surface area contributed by atoms with Gasteiger partial charge in [0.25, 0.3) is 0 Å². The van der Waals surface area contributed by atoms with Gasteiger partial charge in [0, 0.05) is 64.8 Å². The zero-order valence-electron chi connectivity index (χ0n) is 34.4. The lowest BCUT2D eigenvalue weighted by Gasteiger charge is -2.63. The molecule has 0 radical (unpaired) electrons. The first-order valence-corrected chi connectivity index (χ1v) is 20.9. The van der Waals surface area contributed by atoms with Gasteiger partial charge < -0.3 is 15.2 Å². The molecule has 2 aromatic heterocycles. The number of aliphatic carboxylic acids is 1. The van der Waals surface area contributed by atoms with Crippen LogP contribution in [0.1, 0.15) is 41.7 Å². The van der Waals surface area contributed by atoms with Crippen LogP contribution in [0.5, 0.6) is 0 Å². The number of ether oxygens (including phenoxy) is 1. The molecule has 8 nitrogen and oxygen atoms in total. The number of nitrogens with one attached hydrogen (secondary N) is 1. The maximum Gasteiger partial charge on any atom is 0.337 e. The minimum absolute atomic E-state index is 0.412. The van der Waals surface area contributed by atoms with Crippen LogP contribution >= 0.6 is 22.9 Å². The predicted octanol–water partition coefficient (Wildman–Crippen LogP) is -1.57. The van der Waals surface area contributed by atoms with Gasteiger partial charge in [-0.05, 0) is 80.4 Å². The highest BCUT2D eigenvalue weighted by molar-refractivity contribution is 7.22. The number of fused-ring (bicyclic) bond motifs is 2. The first kappa shape index (κ1) is 40.4. The number of likely N-dealkylation sites (tertiary alicyclic amines) is 1.